The van der Waals surface area contributed by atoms with Crippen LogP contribution in [-0.4, -0.2) is 25.4 Å². The van der Waals surface area contributed by atoms with Crippen LogP contribution in [0.2, 0.25) is 0 Å². The van der Waals surface area contributed by atoms with E-state index in [9.17, 15) is 4.79 Å². The highest BCUT2D eigenvalue weighted by molar-refractivity contribution is 8.01. The van der Waals surface area contributed by atoms with Gasteiger partial charge in [0.1, 0.15) is 11.0 Å². The van der Waals surface area contributed by atoms with Crippen LogP contribution in [0.4, 0.5) is 5.69 Å². The topological polar surface area (TPSA) is 67.8 Å². The molecule has 0 aliphatic carbocycles. The summed E-state index contributed by atoms with van der Waals surface area (Å²) >= 11 is 4.19. The molecule has 2 heterocycles. The van der Waals surface area contributed by atoms with E-state index in [1.807, 2.05) is 42.5 Å². The SMILES string of the molecule is O=C(CSc1nc2ccccc2s1)Nc1cccc2nsnc12. The first-order valence-corrected chi connectivity index (χ1v) is 9.32. The van der Waals surface area contributed by atoms with Gasteiger partial charge in [-0.25, -0.2) is 4.98 Å². The molecule has 0 radical (unpaired) electrons. The second-order valence-corrected chi connectivity index (χ2v) is 7.50. The summed E-state index contributed by atoms with van der Waals surface area (Å²) in [6.07, 6.45) is 0. The van der Waals surface area contributed by atoms with Crippen LogP contribution in [0.15, 0.2) is 46.8 Å². The molecule has 0 fully saturated rings. The van der Waals surface area contributed by atoms with Crippen LogP contribution in [0.3, 0.4) is 0 Å². The number of thiazole rings is 1. The maximum Gasteiger partial charge on any atom is 0.234 e. The number of para-hydroxylation sites is 1. The van der Waals surface area contributed by atoms with E-state index in [0.717, 1.165) is 37.3 Å². The maximum atomic E-state index is 12.2. The Labute approximate surface area is 144 Å². The molecule has 5 nitrogen and oxygen atoms in total. The molecule has 0 unspecified atom stereocenters. The minimum Gasteiger partial charge on any atom is -0.323 e. The number of amides is 1. The lowest BCUT2D eigenvalue weighted by atomic mass is 10.2. The molecular formula is C15H10N4OS3. The number of thioether (sulfide) groups is 1. The zero-order valence-corrected chi connectivity index (χ0v) is 14.2. The number of rotatable bonds is 4. The predicted molar refractivity (Wildman–Crippen MR) is 96.4 cm³/mol. The monoisotopic (exact) mass is 358 g/mol. The van der Waals surface area contributed by atoms with Gasteiger partial charge in [-0.1, -0.05) is 30.0 Å². The standard InChI is InChI=1S/C15H10N4OS3/c20-13(16-10-5-3-6-11-14(10)19-23-18-11)8-21-15-17-9-4-1-2-7-12(9)22-15/h1-7H,8H2,(H,16,20). The molecule has 2 aromatic carbocycles. The van der Waals surface area contributed by atoms with Gasteiger partial charge in [-0.2, -0.15) is 8.75 Å². The third kappa shape index (κ3) is 3.05. The Balaban J connectivity index is 1.45. The molecule has 23 heavy (non-hydrogen) atoms. The molecule has 2 aromatic heterocycles. The van der Waals surface area contributed by atoms with Crippen LogP contribution in [0.1, 0.15) is 0 Å². The van der Waals surface area contributed by atoms with Crippen molar-refractivity contribution in [1.29, 1.82) is 0 Å². The molecule has 4 rings (SSSR count). The molecule has 114 valence electrons. The smallest absolute Gasteiger partial charge is 0.234 e. The van der Waals surface area contributed by atoms with E-state index in [4.69, 9.17) is 0 Å². The van der Waals surface area contributed by atoms with Crippen LogP contribution in [0.5, 0.6) is 0 Å². The van der Waals surface area contributed by atoms with Gasteiger partial charge in [0.05, 0.1) is 33.4 Å². The molecule has 1 N–H and O–H groups in total. The first-order chi connectivity index (χ1) is 11.3. The van der Waals surface area contributed by atoms with Crippen LogP contribution < -0.4 is 5.32 Å². The van der Waals surface area contributed by atoms with Crippen molar-refractivity contribution < 1.29 is 4.79 Å². The fourth-order valence-electron chi connectivity index (χ4n) is 2.13. The summed E-state index contributed by atoms with van der Waals surface area (Å²) in [4.78, 5) is 16.7. The number of benzene rings is 2. The average Bonchev–Trinajstić information content (AvgIpc) is 3.19. The first-order valence-electron chi connectivity index (χ1n) is 6.79. The van der Waals surface area contributed by atoms with Gasteiger partial charge < -0.3 is 5.32 Å². The molecule has 0 aliphatic heterocycles. The maximum absolute atomic E-state index is 12.2. The molecular weight excluding hydrogens is 348 g/mol. The van der Waals surface area contributed by atoms with E-state index < -0.39 is 0 Å². The Morgan fingerprint density at radius 3 is 2.87 bits per heavy atom. The number of aromatic nitrogens is 3. The van der Waals surface area contributed by atoms with Crippen LogP contribution in [-0.2, 0) is 4.79 Å². The Kier molecular flexibility index (Phi) is 3.94. The number of nitrogens with zero attached hydrogens (tertiary/aromatic N) is 3. The quantitative estimate of drug-likeness (QED) is 0.558. The Hall–Kier alpha value is -2.03. The zero-order chi connectivity index (χ0) is 15.6. The summed E-state index contributed by atoms with van der Waals surface area (Å²) in [5.41, 5.74) is 3.20. The predicted octanol–water partition coefficient (Wildman–Crippen LogP) is 4.03. The minimum absolute atomic E-state index is 0.0743. The average molecular weight is 358 g/mol. The third-order valence-electron chi connectivity index (χ3n) is 3.16. The number of hydrogen-bond acceptors (Lipinski definition) is 7. The van der Waals surface area contributed by atoms with Crippen molar-refractivity contribution in [3.8, 4) is 0 Å². The lowest BCUT2D eigenvalue weighted by Gasteiger charge is -2.04. The van der Waals surface area contributed by atoms with E-state index in [1.165, 1.54) is 11.8 Å². The summed E-state index contributed by atoms with van der Waals surface area (Å²) in [5.74, 6) is 0.239. The fraction of sp³-hybridized carbons (Fsp3) is 0.0667. The Morgan fingerprint density at radius 2 is 1.96 bits per heavy atom. The lowest BCUT2D eigenvalue weighted by Crippen LogP contribution is -2.14. The zero-order valence-electron chi connectivity index (χ0n) is 11.7. The van der Waals surface area contributed by atoms with Gasteiger partial charge in [0, 0.05) is 0 Å². The normalized spacial score (nSPS) is 11.1. The van der Waals surface area contributed by atoms with E-state index in [0.29, 0.717) is 11.4 Å². The molecule has 0 saturated carbocycles. The van der Waals surface area contributed by atoms with Crippen LogP contribution >= 0.6 is 34.8 Å². The van der Waals surface area contributed by atoms with Crippen molar-refractivity contribution in [2.75, 3.05) is 11.1 Å². The fourth-order valence-corrected chi connectivity index (χ4v) is 4.55. The number of carbonyl (C=O) groups is 1. The van der Waals surface area contributed by atoms with Gasteiger partial charge in [-0.05, 0) is 24.3 Å². The molecule has 8 heteroatoms. The van der Waals surface area contributed by atoms with Crippen molar-refractivity contribution in [3.63, 3.8) is 0 Å². The molecule has 0 saturated heterocycles. The summed E-state index contributed by atoms with van der Waals surface area (Å²) in [7, 11) is 0. The van der Waals surface area contributed by atoms with Gasteiger partial charge in [0.25, 0.3) is 0 Å². The van der Waals surface area contributed by atoms with Crippen molar-refractivity contribution in [1.82, 2.24) is 13.7 Å². The Morgan fingerprint density at radius 1 is 1.09 bits per heavy atom. The lowest BCUT2D eigenvalue weighted by molar-refractivity contribution is -0.113. The Bertz CT molecular complexity index is 961. The largest absolute Gasteiger partial charge is 0.323 e. The first kappa shape index (κ1) is 14.6. The van der Waals surface area contributed by atoms with Gasteiger partial charge in [0.15, 0.2) is 4.34 Å². The summed E-state index contributed by atoms with van der Waals surface area (Å²) < 4.78 is 10.4. The van der Waals surface area contributed by atoms with Gasteiger partial charge in [-0.3, -0.25) is 4.79 Å². The molecule has 4 aromatic rings. The second-order valence-electron chi connectivity index (χ2n) is 4.72. The number of anilines is 1. The highest BCUT2D eigenvalue weighted by atomic mass is 32.2. The molecule has 1 amide bonds. The molecule has 0 atom stereocenters. The molecule has 0 aliphatic rings. The minimum atomic E-state index is -0.0743. The third-order valence-corrected chi connectivity index (χ3v) is 5.88. The van der Waals surface area contributed by atoms with Crippen LogP contribution in [0, 0.1) is 0 Å². The highest BCUT2D eigenvalue weighted by Crippen LogP contribution is 2.29. The van der Waals surface area contributed by atoms with Crippen molar-refractivity contribution >= 4 is 67.7 Å². The van der Waals surface area contributed by atoms with Crippen molar-refractivity contribution in [2.45, 2.75) is 4.34 Å². The number of nitrogens with one attached hydrogen (secondary N) is 1. The number of carbonyl (C=O) groups excluding carboxylic acids is 1. The molecule has 0 bridgehead atoms. The number of fused-ring (bicyclic) bond motifs is 2. The summed E-state index contributed by atoms with van der Waals surface area (Å²) in [6, 6.07) is 13.5. The van der Waals surface area contributed by atoms with Crippen LogP contribution in [0.25, 0.3) is 21.3 Å². The second kappa shape index (κ2) is 6.23. The van der Waals surface area contributed by atoms with Gasteiger partial charge in [0.2, 0.25) is 5.91 Å². The van der Waals surface area contributed by atoms with Crippen molar-refractivity contribution in [2.24, 2.45) is 0 Å². The summed E-state index contributed by atoms with van der Waals surface area (Å²) in [5, 5.41) is 2.90. The van der Waals surface area contributed by atoms with E-state index in [1.54, 1.807) is 11.3 Å². The number of hydrogen-bond donors (Lipinski definition) is 1. The van der Waals surface area contributed by atoms with Gasteiger partial charge >= 0.3 is 0 Å². The summed E-state index contributed by atoms with van der Waals surface area (Å²) in [6.45, 7) is 0. The molecule has 0 spiro atoms. The van der Waals surface area contributed by atoms with E-state index in [2.05, 4.69) is 19.0 Å². The van der Waals surface area contributed by atoms with E-state index in [-0.39, 0.29) is 5.91 Å². The van der Waals surface area contributed by atoms with Gasteiger partial charge in [-0.15, -0.1) is 11.3 Å². The van der Waals surface area contributed by atoms with E-state index >= 15 is 0 Å². The van der Waals surface area contributed by atoms with Crippen molar-refractivity contribution in [3.05, 3.63) is 42.5 Å². The highest BCUT2D eigenvalue weighted by Gasteiger charge is 2.10.